The Labute approximate surface area is 129 Å². The van der Waals surface area contributed by atoms with E-state index in [9.17, 15) is 9.59 Å². The van der Waals surface area contributed by atoms with Gasteiger partial charge >= 0.3 is 5.97 Å². The Hall–Kier alpha value is -0.870. The highest BCUT2D eigenvalue weighted by Gasteiger charge is 2.21. The van der Waals surface area contributed by atoms with Gasteiger partial charge in [0, 0.05) is 16.2 Å². The van der Waals surface area contributed by atoms with Crippen molar-refractivity contribution in [2.24, 2.45) is 5.92 Å². The van der Waals surface area contributed by atoms with Crippen molar-refractivity contribution in [3.05, 3.63) is 21.9 Å². The lowest BCUT2D eigenvalue weighted by Gasteiger charge is -1.93. The topological polar surface area (TPSA) is 43.4 Å². The van der Waals surface area contributed by atoms with Gasteiger partial charge in [-0.1, -0.05) is 13.3 Å². The lowest BCUT2D eigenvalue weighted by molar-refractivity contribution is -0.110. The maximum absolute atomic E-state index is 11.0. The summed E-state index contributed by atoms with van der Waals surface area (Å²) in [6.07, 6.45) is 6.08. The molecule has 20 heavy (non-hydrogen) atoms. The minimum atomic E-state index is -0.234. The average molecular weight is 317 g/mol. The van der Waals surface area contributed by atoms with Crippen LogP contribution in [-0.4, -0.2) is 24.7 Å². The summed E-state index contributed by atoms with van der Waals surface area (Å²) in [7, 11) is 1.40. The van der Waals surface area contributed by atoms with E-state index in [1.807, 2.05) is 12.1 Å². The Kier molecular flexibility index (Phi) is 7.85. The van der Waals surface area contributed by atoms with Gasteiger partial charge < -0.3 is 9.53 Å². The number of aryl methyl sites for hydroxylation is 1. The lowest BCUT2D eigenvalue weighted by Crippen LogP contribution is -1.96. The van der Waals surface area contributed by atoms with Crippen LogP contribution in [0.25, 0.3) is 0 Å². The number of carbonyl (C=O) groups is 2. The second kappa shape index (κ2) is 9.14. The van der Waals surface area contributed by atoms with Crippen molar-refractivity contribution >= 4 is 35.2 Å². The third kappa shape index (κ3) is 5.63. The maximum atomic E-state index is 11.0. The second-order valence-electron chi connectivity index (χ2n) is 4.81. The number of carbonyl (C=O) groups excluding carboxylic acids is 2. The Morgan fingerprint density at radius 3 is 2.70 bits per heavy atom. The van der Waals surface area contributed by atoms with E-state index in [4.69, 9.17) is 11.6 Å². The van der Waals surface area contributed by atoms with Crippen LogP contribution in [0.2, 0.25) is 0 Å². The molecule has 2 rings (SSSR count). The van der Waals surface area contributed by atoms with E-state index >= 15 is 0 Å². The third-order valence-corrected chi connectivity index (χ3v) is 4.67. The van der Waals surface area contributed by atoms with Gasteiger partial charge in [-0.3, -0.25) is 0 Å². The van der Waals surface area contributed by atoms with E-state index in [-0.39, 0.29) is 17.3 Å². The highest BCUT2D eigenvalue weighted by molar-refractivity contribution is 7.13. The molecule has 2 atom stereocenters. The van der Waals surface area contributed by atoms with Crippen molar-refractivity contribution < 1.29 is 14.3 Å². The van der Waals surface area contributed by atoms with Gasteiger partial charge in [-0.05, 0) is 37.8 Å². The molecule has 5 heteroatoms. The highest BCUT2D eigenvalue weighted by atomic mass is 35.5. The van der Waals surface area contributed by atoms with Crippen LogP contribution in [-0.2, 0) is 16.0 Å². The van der Waals surface area contributed by atoms with Gasteiger partial charge in [-0.25, -0.2) is 4.79 Å². The van der Waals surface area contributed by atoms with E-state index in [2.05, 4.69) is 11.7 Å². The molecular weight excluding hydrogens is 296 g/mol. The van der Waals surface area contributed by atoms with Crippen LogP contribution >= 0.6 is 22.9 Å². The van der Waals surface area contributed by atoms with E-state index in [0.29, 0.717) is 4.88 Å². The molecule has 0 amide bonds. The standard InChI is InChI=1S/C9H12O2S.C6H9ClO/c1-3-4-7-5-6-8(12-7)9(10)11-2;7-6-2-1-5(3-6)4-8/h5-6H,3-4H2,1-2H3;4-6H,1-3H2/t;5-,6?/m.0/s1. The molecule has 1 aromatic heterocycles. The Bertz CT molecular complexity index is 431. The summed E-state index contributed by atoms with van der Waals surface area (Å²) < 4.78 is 4.60. The van der Waals surface area contributed by atoms with Crippen molar-refractivity contribution in [2.45, 2.75) is 44.4 Å². The first kappa shape index (κ1) is 17.2. The van der Waals surface area contributed by atoms with Crippen molar-refractivity contribution in [3.63, 3.8) is 0 Å². The first-order chi connectivity index (χ1) is 9.60. The smallest absolute Gasteiger partial charge is 0.348 e. The van der Waals surface area contributed by atoms with Crippen LogP contribution in [0.15, 0.2) is 12.1 Å². The molecular formula is C15H21ClO3S. The molecule has 1 aliphatic rings. The molecule has 112 valence electrons. The summed E-state index contributed by atoms with van der Waals surface area (Å²) in [5.74, 6) is 0.0276. The van der Waals surface area contributed by atoms with Crippen LogP contribution in [0.1, 0.15) is 47.2 Å². The molecule has 1 unspecified atom stereocenters. The molecule has 1 heterocycles. The first-order valence-electron chi connectivity index (χ1n) is 6.87. The van der Waals surface area contributed by atoms with E-state index in [1.165, 1.54) is 23.3 Å². The Balaban J connectivity index is 0.000000217. The largest absolute Gasteiger partial charge is 0.465 e. The number of hydrogen-bond acceptors (Lipinski definition) is 4. The van der Waals surface area contributed by atoms with Gasteiger partial charge in [0.25, 0.3) is 0 Å². The number of ether oxygens (including phenoxy) is 1. The van der Waals surface area contributed by atoms with E-state index < -0.39 is 0 Å². The number of rotatable bonds is 4. The number of hydrogen-bond donors (Lipinski definition) is 0. The third-order valence-electron chi connectivity index (χ3n) is 3.15. The predicted octanol–water partition coefficient (Wildman–Crippen LogP) is 4.08. The fourth-order valence-electron chi connectivity index (χ4n) is 2.05. The predicted molar refractivity (Wildman–Crippen MR) is 82.7 cm³/mol. The normalized spacial score (nSPS) is 20.9. The molecule has 3 nitrogen and oxygen atoms in total. The molecule has 0 spiro atoms. The minimum absolute atomic E-state index is 0.234. The number of methoxy groups -OCH3 is 1. The number of halogens is 1. The van der Waals surface area contributed by atoms with Crippen LogP contribution < -0.4 is 0 Å². The molecule has 0 aromatic carbocycles. The summed E-state index contributed by atoms with van der Waals surface area (Å²) in [6, 6.07) is 3.81. The first-order valence-corrected chi connectivity index (χ1v) is 8.12. The summed E-state index contributed by atoms with van der Waals surface area (Å²) in [4.78, 5) is 23.1. The van der Waals surface area contributed by atoms with Gasteiger partial charge in [-0.2, -0.15) is 0 Å². The van der Waals surface area contributed by atoms with Gasteiger partial charge in [0.2, 0.25) is 0 Å². The quantitative estimate of drug-likeness (QED) is 0.477. The van der Waals surface area contributed by atoms with Crippen LogP contribution in [0.5, 0.6) is 0 Å². The van der Waals surface area contributed by atoms with Crippen LogP contribution in [0.3, 0.4) is 0 Å². The number of alkyl halides is 1. The van der Waals surface area contributed by atoms with Gasteiger partial charge in [0.1, 0.15) is 11.2 Å². The zero-order chi connectivity index (χ0) is 15.0. The summed E-state index contributed by atoms with van der Waals surface area (Å²) >= 11 is 7.24. The highest BCUT2D eigenvalue weighted by Crippen LogP contribution is 2.27. The molecule has 1 fully saturated rings. The molecule has 0 aliphatic heterocycles. The number of esters is 1. The molecule has 1 saturated carbocycles. The Morgan fingerprint density at radius 1 is 1.50 bits per heavy atom. The van der Waals surface area contributed by atoms with Crippen molar-refractivity contribution in [1.29, 1.82) is 0 Å². The van der Waals surface area contributed by atoms with Gasteiger partial charge in [0.05, 0.1) is 7.11 Å². The fraction of sp³-hybridized carbons (Fsp3) is 0.600. The molecule has 0 N–H and O–H groups in total. The van der Waals surface area contributed by atoms with Crippen LogP contribution in [0.4, 0.5) is 0 Å². The van der Waals surface area contributed by atoms with Crippen LogP contribution in [0, 0.1) is 5.92 Å². The SMILES string of the molecule is CCCc1ccc(C(=O)OC)s1.O=C[C@H]1CCC(Cl)C1. The summed E-state index contributed by atoms with van der Waals surface area (Å²) in [6.45, 7) is 2.12. The van der Waals surface area contributed by atoms with Gasteiger partial charge in [0.15, 0.2) is 0 Å². The number of aldehydes is 1. The van der Waals surface area contributed by atoms with Crippen molar-refractivity contribution in [3.8, 4) is 0 Å². The maximum Gasteiger partial charge on any atom is 0.348 e. The van der Waals surface area contributed by atoms with Crippen molar-refractivity contribution in [1.82, 2.24) is 0 Å². The summed E-state index contributed by atoms with van der Waals surface area (Å²) in [5, 5.41) is 0.269. The number of thiophene rings is 1. The minimum Gasteiger partial charge on any atom is -0.465 e. The monoisotopic (exact) mass is 316 g/mol. The molecule has 0 radical (unpaired) electrons. The molecule has 1 aliphatic carbocycles. The van der Waals surface area contributed by atoms with E-state index in [0.717, 1.165) is 38.4 Å². The average Bonchev–Trinajstić information content (AvgIpc) is 3.08. The van der Waals surface area contributed by atoms with Crippen molar-refractivity contribution in [2.75, 3.05) is 7.11 Å². The molecule has 0 bridgehead atoms. The molecule has 1 aromatic rings. The summed E-state index contributed by atoms with van der Waals surface area (Å²) in [5.41, 5.74) is 0. The molecule has 0 saturated heterocycles. The Morgan fingerprint density at radius 2 is 2.25 bits per heavy atom. The lowest BCUT2D eigenvalue weighted by atomic mass is 10.1. The fourth-order valence-corrected chi connectivity index (χ4v) is 3.43. The zero-order valence-electron chi connectivity index (χ0n) is 11.9. The second-order valence-corrected chi connectivity index (χ2v) is 6.60. The van der Waals surface area contributed by atoms with Gasteiger partial charge in [-0.15, -0.1) is 22.9 Å². The van der Waals surface area contributed by atoms with E-state index in [1.54, 1.807) is 0 Å². The zero-order valence-corrected chi connectivity index (χ0v) is 13.5.